The molecule has 2 fully saturated rings. The Balaban J connectivity index is 1.22. The molecular formula is C37H42N2O5. The van der Waals surface area contributed by atoms with Crippen LogP contribution >= 0.6 is 0 Å². The Morgan fingerprint density at radius 3 is 2.70 bits per heavy atom. The fourth-order valence-corrected chi connectivity index (χ4v) is 8.82. The average molecular weight is 595 g/mol. The molecule has 2 aliphatic heterocycles. The first-order valence-corrected chi connectivity index (χ1v) is 16.1. The molecule has 7 rings (SSSR count). The summed E-state index contributed by atoms with van der Waals surface area (Å²) in [6.45, 7) is 8.09. The van der Waals surface area contributed by atoms with E-state index in [9.17, 15) is 9.59 Å². The van der Waals surface area contributed by atoms with Gasteiger partial charge in [0.15, 0.2) is 0 Å². The standard InChI is InChI=1S/C37H42N2O5/c1-24(2)21-39(34(41)15-12-26-16-19-42-23-26)30-14-13-29-31-20-28-10-7-11-32-35(28)37(29,36(30)44-32)17-18-38(31)22-33(43-25(3)40)27-8-5-4-6-9-27/h4-12,15-16,19,23-24,29-31,33,36H,13-14,17-18,20-22H2,1-3H3/t29-,30-,31+,33?,36-,37-/m0/s1. The van der Waals surface area contributed by atoms with E-state index in [-0.39, 0.29) is 35.5 Å². The van der Waals surface area contributed by atoms with Crippen LogP contribution in [0.4, 0.5) is 0 Å². The van der Waals surface area contributed by atoms with Crippen molar-refractivity contribution >= 4 is 18.0 Å². The van der Waals surface area contributed by atoms with Crippen molar-refractivity contribution in [3.05, 3.63) is 95.5 Å². The highest BCUT2D eigenvalue weighted by Crippen LogP contribution is 2.62. The highest BCUT2D eigenvalue weighted by atomic mass is 16.5. The third-order valence-electron chi connectivity index (χ3n) is 10.4. The van der Waals surface area contributed by atoms with Crippen LogP contribution in [0.1, 0.15) is 68.4 Å². The molecule has 7 heteroatoms. The van der Waals surface area contributed by atoms with Crippen LogP contribution < -0.4 is 4.74 Å². The first-order chi connectivity index (χ1) is 21.3. The molecule has 230 valence electrons. The minimum Gasteiger partial charge on any atom is -0.487 e. The smallest absolute Gasteiger partial charge is 0.303 e. The lowest BCUT2D eigenvalue weighted by molar-refractivity contribution is -0.151. The molecule has 2 bridgehead atoms. The third kappa shape index (κ3) is 4.95. The van der Waals surface area contributed by atoms with Gasteiger partial charge in [0.1, 0.15) is 18.0 Å². The van der Waals surface area contributed by atoms with Crippen LogP contribution in [0.3, 0.4) is 0 Å². The number of carbonyl (C=O) groups excluding carboxylic acids is 2. The number of amides is 1. The molecule has 1 unspecified atom stereocenters. The van der Waals surface area contributed by atoms with Gasteiger partial charge in [-0.2, -0.15) is 0 Å². The predicted molar refractivity (Wildman–Crippen MR) is 168 cm³/mol. The second-order valence-corrected chi connectivity index (χ2v) is 13.4. The summed E-state index contributed by atoms with van der Waals surface area (Å²) in [5, 5.41) is 0. The van der Waals surface area contributed by atoms with E-state index in [1.54, 1.807) is 18.6 Å². The van der Waals surface area contributed by atoms with E-state index >= 15 is 0 Å². The number of esters is 1. The number of rotatable bonds is 9. The van der Waals surface area contributed by atoms with E-state index in [0.29, 0.717) is 31.0 Å². The number of benzene rings is 2. The van der Waals surface area contributed by atoms with E-state index in [2.05, 4.69) is 54.0 Å². The van der Waals surface area contributed by atoms with Crippen LogP contribution in [0.2, 0.25) is 0 Å². The summed E-state index contributed by atoms with van der Waals surface area (Å²) in [6.07, 6.45) is 10.2. The maximum absolute atomic E-state index is 13.9. The van der Waals surface area contributed by atoms with Crippen molar-refractivity contribution in [3.8, 4) is 5.75 Å². The molecule has 2 aliphatic carbocycles. The monoisotopic (exact) mass is 594 g/mol. The summed E-state index contributed by atoms with van der Waals surface area (Å²) in [4.78, 5) is 30.7. The number of likely N-dealkylation sites (tertiary alicyclic amines) is 1. The van der Waals surface area contributed by atoms with Gasteiger partial charge in [-0.1, -0.05) is 56.3 Å². The van der Waals surface area contributed by atoms with Crippen LogP contribution in [-0.4, -0.2) is 59.5 Å². The second-order valence-electron chi connectivity index (χ2n) is 13.4. The Hall–Kier alpha value is -3.84. The number of ether oxygens (including phenoxy) is 2. The van der Waals surface area contributed by atoms with Gasteiger partial charge in [-0.3, -0.25) is 14.5 Å². The van der Waals surface area contributed by atoms with Gasteiger partial charge in [0.05, 0.1) is 18.6 Å². The average Bonchev–Trinajstić information content (AvgIpc) is 3.65. The first-order valence-electron chi connectivity index (χ1n) is 16.1. The van der Waals surface area contributed by atoms with E-state index in [4.69, 9.17) is 13.9 Å². The van der Waals surface area contributed by atoms with Gasteiger partial charge < -0.3 is 18.8 Å². The fraction of sp³-hybridized carbons (Fsp3) is 0.459. The summed E-state index contributed by atoms with van der Waals surface area (Å²) >= 11 is 0. The summed E-state index contributed by atoms with van der Waals surface area (Å²) in [6, 6.07) is 18.8. The van der Waals surface area contributed by atoms with Crippen molar-refractivity contribution in [2.24, 2.45) is 11.8 Å². The minimum absolute atomic E-state index is 0.0150. The molecular weight excluding hydrogens is 552 g/mol. The van der Waals surface area contributed by atoms with Crippen LogP contribution in [0.5, 0.6) is 5.75 Å². The topological polar surface area (TPSA) is 72.2 Å². The SMILES string of the molecule is CC(=O)OC(CN1CC[C@]23c4c5cccc4O[C@H]2[C@@H](N(CC(C)C)C(=O)C=Cc2ccoc2)CC[C@H]3[C@H]1C5)c1ccccc1. The highest BCUT2D eigenvalue weighted by molar-refractivity contribution is 5.92. The Labute approximate surface area is 259 Å². The van der Waals surface area contributed by atoms with Gasteiger partial charge in [-0.05, 0) is 73.4 Å². The van der Waals surface area contributed by atoms with Gasteiger partial charge in [-0.15, -0.1) is 0 Å². The Morgan fingerprint density at radius 2 is 1.95 bits per heavy atom. The zero-order valence-corrected chi connectivity index (χ0v) is 25.9. The molecule has 6 atom stereocenters. The van der Waals surface area contributed by atoms with Crippen molar-refractivity contribution in [3.63, 3.8) is 0 Å². The zero-order valence-electron chi connectivity index (χ0n) is 25.9. The molecule has 1 amide bonds. The van der Waals surface area contributed by atoms with E-state index in [1.807, 2.05) is 30.3 Å². The van der Waals surface area contributed by atoms with Crippen LogP contribution in [0.15, 0.2) is 77.6 Å². The maximum atomic E-state index is 13.9. The number of hydrogen-bond donors (Lipinski definition) is 0. The van der Waals surface area contributed by atoms with Gasteiger partial charge in [-0.25, -0.2) is 0 Å². The van der Waals surface area contributed by atoms with Crippen molar-refractivity contribution in [1.29, 1.82) is 0 Å². The highest BCUT2D eigenvalue weighted by Gasteiger charge is 2.66. The number of carbonyl (C=O) groups is 2. The fourth-order valence-electron chi connectivity index (χ4n) is 8.82. The first kappa shape index (κ1) is 28.9. The summed E-state index contributed by atoms with van der Waals surface area (Å²) < 4.78 is 18.1. The number of nitrogens with zero attached hydrogens (tertiary/aromatic N) is 2. The Kier molecular flexibility index (Phi) is 7.61. The lowest BCUT2D eigenvalue weighted by atomic mass is 9.51. The maximum Gasteiger partial charge on any atom is 0.303 e. The quantitative estimate of drug-likeness (QED) is 0.217. The van der Waals surface area contributed by atoms with Gasteiger partial charge in [0.25, 0.3) is 0 Å². The molecule has 3 heterocycles. The summed E-state index contributed by atoms with van der Waals surface area (Å²) in [7, 11) is 0. The molecule has 7 nitrogen and oxygen atoms in total. The molecule has 1 saturated carbocycles. The molecule has 1 saturated heterocycles. The van der Waals surface area contributed by atoms with Crippen LogP contribution in [-0.2, 0) is 26.2 Å². The number of piperidine rings is 1. The zero-order chi connectivity index (χ0) is 30.4. The second kappa shape index (κ2) is 11.6. The van der Waals surface area contributed by atoms with Crippen molar-refractivity contribution in [2.45, 2.75) is 76.2 Å². The molecule has 1 spiro atoms. The van der Waals surface area contributed by atoms with Crippen LogP contribution in [0.25, 0.3) is 6.08 Å². The molecule has 44 heavy (non-hydrogen) atoms. The van der Waals surface area contributed by atoms with E-state index in [1.165, 1.54) is 18.1 Å². The molecule has 1 aromatic heterocycles. The molecule has 2 aromatic carbocycles. The number of hydrogen-bond acceptors (Lipinski definition) is 6. The number of furan rings is 1. The minimum atomic E-state index is -0.316. The predicted octanol–water partition coefficient (Wildman–Crippen LogP) is 6.19. The lowest BCUT2D eigenvalue weighted by Gasteiger charge is -2.60. The van der Waals surface area contributed by atoms with Gasteiger partial charge in [0.2, 0.25) is 5.91 Å². The molecule has 0 radical (unpaired) electrons. The van der Waals surface area contributed by atoms with Crippen molar-refractivity contribution in [1.82, 2.24) is 9.80 Å². The molecule has 3 aromatic rings. The Bertz CT molecular complexity index is 1530. The molecule has 4 aliphatic rings. The summed E-state index contributed by atoms with van der Waals surface area (Å²) in [5.74, 6) is 1.50. The lowest BCUT2D eigenvalue weighted by Crippen LogP contribution is -2.69. The largest absolute Gasteiger partial charge is 0.487 e. The molecule has 0 N–H and O–H groups in total. The summed E-state index contributed by atoms with van der Waals surface area (Å²) in [5.41, 5.74) is 4.52. The van der Waals surface area contributed by atoms with E-state index in [0.717, 1.165) is 49.1 Å². The van der Waals surface area contributed by atoms with Crippen molar-refractivity contribution < 1.29 is 23.5 Å². The van der Waals surface area contributed by atoms with Crippen LogP contribution in [0, 0.1) is 11.8 Å². The van der Waals surface area contributed by atoms with Crippen molar-refractivity contribution in [2.75, 3.05) is 19.6 Å². The Morgan fingerprint density at radius 1 is 1.11 bits per heavy atom. The van der Waals surface area contributed by atoms with Gasteiger partial charge >= 0.3 is 5.97 Å². The van der Waals surface area contributed by atoms with Gasteiger partial charge in [0, 0.05) is 48.7 Å². The third-order valence-corrected chi connectivity index (χ3v) is 10.4. The van der Waals surface area contributed by atoms with E-state index < -0.39 is 0 Å². The normalized spacial score (nSPS) is 27.5.